The molecule has 5 rings (SSSR count). The Kier molecular flexibility index (Phi) is 2.08. The van der Waals surface area contributed by atoms with Crippen LogP contribution in [0.3, 0.4) is 0 Å². The number of hydrogen-bond acceptors (Lipinski definition) is 0. The van der Waals surface area contributed by atoms with Crippen LogP contribution in [-0.2, 0) is 6.42 Å². The van der Waals surface area contributed by atoms with Crippen molar-refractivity contribution in [3.8, 4) is 22.3 Å². The van der Waals surface area contributed by atoms with Gasteiger partial charge in [0.2, 0.25) is 0 Å². The van der Waals surface area contributed by atoms with Crippen LogP contribution < -0.4 is 0 Å². The lowest BCUT2D eigenvalue weighted by atomic mass is 9.91. The van der Waals surface area contributed by atoms with E-state index >= 15 is 0 Å². The van der Waals surface area contributed by atoms with Crippen LogP contribution in [0.1, 0.15) is 35.1 Å². The second-order valence-corrected chi connectivity index (χ2v) is 6.20. The van der Waals surface area contributed by atoms with E-state index in [1.807, 2.05) is 0 Å². The summed E-state index contributed by atoms with van der Waals surface area (Å²) in [6, 6.07) is 22.4. The Morgan fingerprint density at radius 2 is 1.43 bits per heavy atom. The van der Waals surface area contributed by atoms with Gasteiger partial charge in [-0.3, -0.25) is 0 Å². The van der Waals surface area contributed by atoms with Crippen LogP contribution in [0.4, 0.5) is 0 Å². The molecular weight excluding hydrogens is 252 g/mol. The molecule has 1 unspecified atom stereocenters. The van der Waals surface area contributed by atoms with E-state index in [1.54, 1.807) is 11.1 Å². The van der Waals surface area contributed by atoms with Gasteiger partial charge in [0, 0.05) is 5.92 Å². The van der Waals surface area contributed by atoms with Gasteiger partial charge in [0.25, 0.3) is 0 Å². The third-order valence-electron chi connectivity index (χ3n) is 5.18. The lowest BCUT2D eigenvalue weighted by Crippen LogP contribution is -1.96. The van der Waals surface area contributed by atoms with E-state index in [0.717, 1.165) is 6.42 Å². The minimum Gasteiger partial charge on any atom is -0.0619 e. The van der Waals surface area contributed by atoms with Crippen LogP contribution in [0.5, 0.6) is 0 Å². The first kappa shape index (κ1) is 11.3. The molecule has 3 aromatic rings. The first-order valence-corrected chi connectivity index (χ1v) is 7.68. The molecule has 0 saturated heterocycles. The molecule has 0 radical (unpaired) electrons. The van der Waals surface area contributed by atoms with Crippen molar-refractivity contribution in [2.24, 2.45) is 0 Å². The monoisotopic (exact) mass is 268 g/mol. The summed E-state index contributed by atoms with van der Waals surface area (Å²) in [6.45, 7) is 2.36. The molecule has 0 fully saturated rings. The van der Waals surface area contributed by atoms with Gasteiger partial charge in [-0.25, -0.2) is 0 Å². The maximum absolute atomic E-state index is 2.36. The average Bonchev–Trinajstić information content (AvgIpc) is 3.04. The standard InChI is InChI=1S/C21H16/c1-13-15-7-4-5-9-17(15)19-11-10-18-16-8-3-2-6-14(16)12-20(18)21(13)19/h2-11,13H,12H2,1H3. The van der Waals surface area contributed by atoms with E-state index in [4.69, 9.17) is 0 Å². The van der Waals surface area contributed by atoms with Crippen molar-refractivity contribution in [1.82, 2.24) is 0 Å². The minimum absolute atomic E-state index is 0.514. The summed E-state index contributed by atoms with van der Waals surface area (Å²) >= 11 is 0. The summed E-state index contributed by atoms with van der Waals surface area (Å²) in [4.78, 5) is 0. The molecule has 0 aromatic heterocycles. The Morgan fingerprint density at radius 3 is 2.33 bits per heavy atom. The second-order valence-electron chi connectivity index (χ2n) is 6.20. The molecular formula is C21H16. The summed E-state index contributed by atoms with van der Waals surface area (Å²) in [6.07, 6.45) is 1.09. The van der Waals surface area contributed by atoms with Gasteiger partial charge in [0.05, 0.1) is 0 Å². The minimum atomic E-state index is 0.514. The Hall–Kier alpha value is -2.34. The summed E-state index contributed by atoms with van der Waals surface area (Å²) in [5, 5.41) is 0. The SMILES string of the molecule is CC1c2ccccc2-c2ccc3c(c21)Cc1ccccc1-3. The van der Waals surface area contributed by atoms with Crippen LogP contribution in [0.25, 0.3) is 22.3 Å². The lowest BCUT2D eigenvalue weighted by Gasteiger charge is -2.12. The molecule has 2 aliphatic carbocycles. The van der Waals surface area contributed by atoms with Crippen molar-refractivity contribution in [3.63, 3.8) is 0 Å². The molecule has 0 spiro atoms. The van der Waals surface area contributed by atoms with Gasteiger partial charge in [0.15, 0.2) is 0 Å². The number of hydrogen-bond donors (Lipinski definition) is 0. The highest BCUT2D eigenvalue weighted by Crippen LogP contribution is 2.50. The number of rotatable bonds is 0. The quantitative estimate of drug-likeness (QED) is 0.401. The molecule has 0 aliphatic heterocycles. The van der Waals surface area contributed by atoms with Crippen molar-refractivity contribution in [3.05, 3.63) is 82.9 Å². The van der Waals surface area contributed by atoms with Crippen molar-refractivity contribution < 1.29 is 0 Å². The summed E-state index contributed by atoms with van der Waals surface area (Å²) in [5.74, 6) is 0.514. The van der Waals surface area contributed by atoms with E-state index < -0.39 is 0 Å². The molecule has 100 valence electrons. The summed E-state index contributed by atoms with van der Waals surface area (Å²) in [5.41, 5.74) is 11.8. The highest BCUT2D eigenvalue weighted by molar-refractivity contribution is 5.87. The largest absolute Gasteiger partial charge is 0.0619 e. The zero-order valence-electron chi connectivity index (χ0n) is 12.1. The molecule has 0 heterocycles. The zero-order chi connectivity index (χ0) is 14.0. The van der Waals surface area contributed by atoms with Gasteiger partial charge in [0.1, 0.15) is 0 Å². The Bertz CT molecular complexity index is 886. The molecule has 0 heteroatoms. The van der Waals surface area contributed by atoms with Crippen LogP contribution in [0.2, 0.25) is 0 Å². The summed E-state index contributed by atoms with van der Waals surface area (Å²) in [7, 11) is 0. The molecule has 3 aromatic carbocycles. The van der Waals surface area contributed by atoms with Gasteiger partial charge in [-0.2, -0.15) is 0 Å². The van der Waals surface area contributed by atoms with Gasteiger partial charge in [-0.15, -0.1) is 0 Å². The second kappa shape index (κ2) is 3.85. The van der Waals surface area contributed by atoms with Gasteiger partial charge in [-0.1, -0.05) is 67.6 Å². The fourth-order valence-electron chi connectivity index (χ4n) is 4.24. The third-order valence-corrected chi connectivity index (χ3v) is 5.18. The normalized spacial score (nSPS) is 17.1. The maximum Gasteiger partial charge on any atom is 0.00763 e. The Labute approximate surface area is 125 Å². The van der Waals surface area contributed by atoms with Crippen LogP contribution in [0.15, 0.2) is 60.7 Å². The smallest absolute Gasteiger partial charge is 0.00763 e. The average molecular weight is 268 g/mol. The van der Waals surface area contributed by atoms with Gasteiger partial charge < -0.3 is 0 Å². The molecule has 0 saturated carbocycles. The van der Waals surface area contributed by atoms with E-state index in [-0.39, 0.29) is 0 Å². The van der Waals surface area contributed by atoms with Crippen molar-refractivity contribution in [1.29, 1.82) is 0 Å². The Morgan fingerprint density at radius 1 is 0.714 bits per heavy atom. The molecule has 0 N–H and O–H groups in total. The Balaban J connectivity index is 1.82. The number of benzene rings is 3. The predicted molar refractivity (Wildman–Crippen MR) is 87.6 cm³/mol. The fourth-order valence-corrected chi connectivity index (χ4v) is 4.24. The van der Waals surface area contributed by atoms with E-state index in [1.165, 1.54) is 33.4 Å². The lowest BCUT2D eigenvalue weighted by molar-refractivity contribution is 0.937. The van der Waals surface area contributed by atoms with Crippen molar-refractivity contribution in [2.45, 2.75) is 19.3 Å². The summed E-state index contributed by atoms with van der Waals surface area (Å²) < 4.78 is 0. The van der Waals surface area contributed by atoms with Crippen molar-refractivity contribution in [2.75, 3.05) is 0 Å². The van der Waals surface area contributed by atoms with Crippen LogP contribution >= 0.6 is 0 Å². The highest BCUT2D eigenvalue weighted by atomic mass is 14.3. The van der Waals surface area contributed by atoms with Crippen LogP contribution in [0, 0.1) is 0 Å². The molecule has 0 bridgehead atoms. The van der Waals surface area contributed by atoms with E-state index in [0.29, 0.717) is 5.92 Å². The third kappa shape index (κ3) is 1.35. The molecule has 0 nitrogen and oxygen atoms in total. The molecule has 2 aliphatic rings. The zero-order valence-corrected chi connectivity index (χ0v) is 12.1. The first-order chi connectivity index (χ1) is 10.3. The van der Waals surface area contributed by atoms with E-state index in [9.17, 15) is 0 Å². The first-order valence-electron chi connectivity index (χ1n) is 7.68. The number of fused-ring (bicyclic) bond motifs is 7. The fraction of sp³-hybridized carbons (Fsp3) is 0.143. The highest BCUT2D eigenvalue weighted by Gasteiger charge is 2.31. The molecule has 0 amide bonds. The van der Waals surface area contributed by atoms with Gasteiger partial charge in [-0.05, 0) is 50.9 Å². The molecule has 1 atom stereocenters. The van der Waals surface area contributed by atoms with E-state index in [2.05, 4.69) is 67.6 Å². The van der Waals surface area contributed by atoms with Crippen molar-refractivity contribution >= 4 is 0 Å². The topological polar surface area (TPSA) is 0 Å². The van der Waals surface area contributed by atoms with Gasteiger partial charge >= 0.3 is 0 Å². The molecule has 21 heavy (non-hydrogen) atoms. The van der Waals surface area contributed by atoms with Crippen LogP contribution in [-0.4, -0.2) is 0 Å². The predicted octanol–water partition coefficient (Wildman–Crippen LogP) is 5.39. The maximum atomic E-state index is 2.36.